The molecule has 4 heteroatoms. The summed E-state index contributed by atoms with van der Waals surface area (Å²) in [7, 11) is 3.64. The topological polar surface area (TPSA) is 21.3 Å². The monoisotopic (exact) mass is 337 g/mol. The molecule has 0 saturated heterocycles. The Bertz CT molecular complexity index is 560. The number of hydrogen-bond donors (Lipinski definition) is 1. The van der Waals surface area contributed by atoms with Crippen molar-refractivity contribution in [1.82, 2.24) is 5.32 Å². The van der Waals surface area contributed by atoms with E-state index in [-0.39, 0.29) is 0 Å². The molecule has 2 rings (SSSR count). The molecule has 100 valence electrons. The third-order valence-corrected chi connectivity index (χ3v) is 4.63. The van der Waals surface area contributed by atoms with Gasteiger partial charge in [-0.2, -0.15) is 0 Å². The van der Waals surface area contributed by atoms with Crippen LogP contribution in [-0.4, -0.2) is 14.2 Å². The molecule has 0 saturated carbocycles. The summed E-state index contributed by atoms with van der Waals surface area (Å²) in [6.45, 7) is 0.878. The van der Waals surface area contributed by atoms with Crippen LogP contribution in [0.5, 0.6) is 5.75 Å². The van der Waals surface area contributed by atoms with Gasteiger partial charge in [0, 0.05) is 20.8 Å². The number of halogens is 1. The highest BCUT2D eigenvalue weighted by molar-refractivity contribution is 9.10. The predicted molar refractivity (Wildman–Crippen MR) is 84.0 cm³/mol. The molecule has 0 aromatic heterocycles. The maximum Gasteiger partial charge on any atom is 0.119 e. The molecule has 0 amide bonds. The van der Waals surface area contributed by atoms with Crippen molar-refractivity contribution >= 4 is 27.7 Å². The number of hydrogen-bond acceptors (Lipinski definition) is 3. The van der Waals surface area contributed by atoms with E-state index in [1.165, 1.54) is 15.4 Å². The lowest BCUT2D eigenvalue weighted by Crippen LogP contribution is -2.04. The smallest absolute Gasteiger partial charge is 0.119 e. The quantitative estimate of drug-likeness (QED) is 0.877. The second kappa shape index (κ2) is 6.98. The summed E-state index contributed by atoms with van der Waals surface area (Å²) in [5.74, 6) is 0.882. The minimum Gasteiger partial charge on any atom is -0.497 e. The van der Waals surface area contributed by atoms with E-state index >= 15 is 0 Å². The Kier molecular flexibility index (Phi) is 5.31. The van der Waals surface area contributed by atoms with Gasteiger partial charge < -0.3 is 10.1 Å². The Labute approximate surface area is 126 Å². The van der Waals surface area contributed by atoms with Crippen molar-refractivity contribution in [2.45, 2.75) is 16.3 Å². The molecular weight excluding hydrogens is 322 g/mol. The van der Waals surface area contributed by atoms with E-state index in [2.05, 4.69) is 45.5 Å². The van der Waals surface area contributed by atoms with Gasteiger partial charge in [0.25, 0.3) is 0 Å². The highest BCUT2D eigenvalue weighted by Gasteiger charge is 2.04. The van der Waals surface area contributed by atoms with Crippen LogP contribution < -0.4 is 10.1 Å². The summed E-state index contributed by atoms with van der Waals surface area (Å²) in [6.07, 6.45) is 0. The summed E-state index contributed by atoms with van der Waals surface area (Å²) in [5, 5.41) is 3.15. The SMILES string of the molecule is CNCc1ccc(Sc2cccc(OC)c2)c(Br)c1. The minimum atomic E-state index is 0.878. The normalized spacial score (nSPS) is 10.5. The maximum absolute atomic E-state index is 5.24. The molecule has 2 nitrogen and oxygen atoms in total. The first kappa shape index (κ1) is 14.4. The Morgan fingerprint density at radius 1 is 1.21 bits per heavy atom. The van der Waals surface area contributed by atoms with Crippen LogP contribution in [0.25, 0.3) is 0 Å². The summed E-state index contributed by atoms with van der Waals surface area (Å²) >= 11 is 5.35. The van der Waals surface area contributed by atoms with E-state index in [0.29, 0.717) is 0 Å². The summed E-state index contributed by atoms with van der Waals surface area (Å²) in [5.41, 5.74) is 1.27. The molecule has 1 N–H and O–H groups in total. The summed E-state index contributed by atoms with van der Waals surface area (Å²) < 4.78 is 6.36. The molecule has 0 spiro atoms. The molecule has 2 aromatic carbocycles. The second-order valence-electron chi connectivity index (χ2n) is 4.08. The molecule has 2 aromatic rings. The Hall–Kier alpha value is -0.970. The van der Waals surface area contributed by atoms with E-state index in [4.69, 9.17) is 4.74 Å². The molecule has 19 heavy (non-hydrogen) atoms. The van der Waals surface area contributed by atoms with Crippen LogP contribution in [0.1, 0.15) is 5.56 Å². The molecule has 0 bridgehead atoms. The van der Waals surface area contributed by atoms with Gasteiger partial charge in [0.05, 0.1) is 7.11 Å². The van der Waals surface area contributed by atoms with E-state index < -0.39 is 0 Å². The van der Waals surface area contributed by atoms with Crippen LogP contribution in [0.2, 0.25) is 0 Å². The molecule has 0 radical (unpaired) electrons. The highest BCUT2D eigenvalue weighted by Crippen LogP contribution is 2.35. The number of nitrogens with one attached hydrogen (secondary N) is 1. The van der Waals surface area contributed by atoms with Gasteiger partial charge in [-0.25, -0.2) is 0 Å². The van der Waals surface area contributed by atoms with Crippen molar-refractivity contribution in [3.8, 4) is 5.75 Å². The lowest BCUT2D eigenvalue weighted by Gasteiger charge is -2.08. The Morgan fingerprint density at radius 2 is 2.05 bits per heavy atom. The van der Waals surface area contributed by atoms with E-state index in [0.717, 1.165) is 16.8 Å². The third kappa shape index (κ3) is 4.00. The standard InChI is InChI=1S/C15H16BrNOS/c1-17-10-11-6-7-15(14(16)8-11)19-13-5-3-4-12(9-13)18-2/h3-9,17H,10H2,1-2H3. The van der Waals surface area contributed by atoms with Crippen molar-refractivity contribution in [2.24, 2.45) is 0 Å². The van der Waals surface area contributed by atoms with Crippen LogP contribution in [0, 0.1) is 0 Å². The first-order chi connectivity index (χ1) is 9.22. The maximum atomic E-state index is 5.24. The number of benzene rings is 2. The van der Waals surface area contributed by atoms with Gasteiger partial charge in [0.1, 0.15) is 5.75 Å². The summed E-state index contributed by atoms with van der Waals surface area (Å²) in [4.78, 5) is 2.37. The molecule has 0 heterocycles. The fourth-order valence-corrected chi connectivity index (χ4v) is 3.27. The minimum absolute atomic E-state index is 0.878. The molecule has 0 atom stereocenters. The van der Waals surface area contributed by atoms with Crippen molar-refractivity contribution in [2.75, 3.05) is 14.2 Å². The van der Waals surface area contributed by atoms with Crippen LogP contribution >= 0.6 is 27.7 Å². The first-order valence-electron chi connectivity index (χ1n) is 5.98. The zero-order valence-electron chi connectivity index (χ0n) is 10.9. The molecule has 0 fully saturated rings. The Morgan fingerprint density at radius 3 is 2.74 bits per heavy atom. The predicted octanol–water partition coefficient (Wildman–Crippen LogP) is 4.33. The van der Waals surface area contributed by atoms with Gasteiger partial charge in [0.15, 0.2) is 0 Å². The van der Waals surface area contributed by atoms with E-state index in [1.807, 2.05) is 25.2 Å². The zero-order valence-corrected chi connectivity index (χ0v) is 13.3. The molecular formula is C15H16BrNOS. The number of methoxy groups -OCH3 is 1. The van der Waals surface area contributed by atoms with Crippen molar-refractivity contribution < 1.29 is 4.74 Å². The van der Waals surface area contributed by atoms with Gasteiger partial charge in [-0.1, -0.05) is 23.9 Å². The van der Waals surface area contributed by atoms with E-state index in [1.54, 1.807) is 18.9 Å². The third-order valence-electron chi connectivity index (χ3n) is 2.65. The molecule has 0 unspecified atom stereocenters. The van der Waals surface area contributed by atoms with Crippen molar-refractivity contribution in [3.63, 3.8) is 0 Å². The van der Waals surface area contributed by atoms with Crippen LogP contribution in [0.3, 0.4) is 0 Å². The fourth-order valence-electron chi connectivity index (χ4n) is 1.73. The van der Waals surface area contributed by atoms with E-state index in [9.17, 15) is 0 Å². The second-order valence-corrected chi connectivity index (χ2v) is 6.05. The highest BCUT2D eigenvalue weighted by atomic mass is 79.9. The largest absolute Gasteiger partial charge is 0.497 e. The lowest BCUT2D eigenvalue weighted by atomic mass is 10.2. The Balaban J connectivity index is 2.18. The molecule has 0 aliphatic heterocycles. The van der Waals surface area contributed by atoms with Crippen molar-refractivity contribution in [1.29, 1.82) is 0 Å². The van der Waals surface area contributed by atoms with Crippen LogP contribution in [0.4, 0.5) is 0 Å². The van der Waals surface area contributed by atoms with Crippen LogP contribution in [-0.2, 0) is 6.54 Å². The molecule has 0 aliphatic rings. The molecule has 0 aliphatic carbocycles. The van der Waals surface area contributed by atoms with Gasteiger partial charge >= 0.3 is 0 Å². The number of ether oxygens (including phenoxy) is 1. The summed E-state index contributed by atoms with van der Waals surface area (Å²) in [6, 6.07) is 14.5. The van der Waals surface area contributed by atoms with Crippen molar-refractivity contribution in [3.05, 3.63) is 52.5 Å². The lowest BCUT2D eigenvalue weighted by molar-refractivity contribution is 0.413. The van der Waals surface area contributed by atoms with Gasteiger partial charge in [0.2, 0.25) is 0 Å². The van der Waals surface area contributed by atoms with Gasteiger partial charge in [-0.15, -0.1) is 0 Å². The van der Waals surface area contributed by atoms with Gasteiger partial charge in [-0.3, -0.25) is 0 Å². The average molecular weight is 338 g/mol. The van der Waals surface area contributed by atoms with Crippen LogP contribution in [0.15, 0.2) is 56.7 Å². The fraction of sp³-hybridized carbons (Fsp3) is 0.200. The van der Waals surface area contributed by atoms with Gasteiger partial charge in [-0.05, 0) is 58.9 Å². The average Bonchev–Trinajstić information content (AvgIpc) is 2.42. The first-order valence-corrected chi connectivity index (χ1v) is 7.59. The zero-order chi connectivity index (χ0) is 13.7. The number of rotatable bonds is 5.